The second kappa shape index (κ2) is 7.31. The number of hydrogen-bond acceptors (Lipinski definition) is 3. The smallest absolute Gasteiger partial charge is 0.315 e. The van der Waals surface area contributed by atoms with E-state index >= 15 is 0 Å². The Bertz CT molecular complexity index is 424. The van der Waals surface area contributed by atoms with Gasteiger partial charge in [-0.05, 0) is 45.2 Å². The van der Waals surface area contributed by atoms with E-state index in [0.717, 1.165) is 30.4 Å². The molecule has 1 heterocycles. The first-order chi connectivity index (χ1) is 8.50. The molecule has 0 amide bonds. The normalized spacial score (nSPS) is 11.2. The van der Waals surface area contributed by atoms with E-state index in [1.165, 1.54) is 12.8 Å². The molecule has 0 aromatic carbocycles. The Morgan fingerprint density at radius 2 is 2.06 bits per heavy atom. The van der Waals surface area contributed by atoms with Crippen LogP contribution in [0.5, 0.6) is 0 Å². The first-order valence-corrected chi connectivity index (χ1v) is 6.76. The summed E-state index contributed by atoms with van der Waals surface area (Å²) in [7, 11) is 0. The van der Waals surface area contributed by atoms with Gasteiger partial charge in [-0.1, -0.05) is 13.8 Å². The summed E-state index contributed by atoms with van der Waals surface area (Å²) >= 11 is 0. The van der Waals surface area contributed by atoms with E-state index in [4.69, 9.17) is 0 Å². The minimum atomic E-state index is -0.142. The number of rotatable bonds is 7. The first-order valence-electron chi connectivity index (χ1n) is 6.76. The summed E-state index contributed by atoms with van der Waals surface area (Å²) < 4.78 is 1.72. The molecule has 1 N–H and O–H groups in total. The minimum absolute atomic E-state index is 0.142. The van der Waals surface area contributed by atoms with Crippen LogP contribution in [-0.4, -0.2) is 22.6 Å². The summed E-state index contributed by atoms with van der Waals surface area (Å²) in [6.45, 7) is 10.8. The highest BCUT2D eigenvalue weighted by atomic mass is 16.1. The molecular weight excluding hydrogens is 226 g/mol. The summed E-state index contributed by atoms with van der Waals surface area (Å²) in [5.41, 5.74) is 1.63. The fourth-order valence-electron chi connectivity index (χ4n) is 2.00. The van der Waals surface area contributed by atoms with Crippen LogP contribution in [0, 0.1) is 19.8 Å². The highest BCUT2D eigenvalue weighted by molar-refractivity contribution is 5.06. The largest absolute Gasteiger partial charge is 0.347 e. The van der Waals surface area contributed by atoms with E-state index < -0.39 is 0 Å². The molecule has 18 heavy (non-hydrogen) atoms. The van der Waals surface area contributed by atoms with Gasteiger partial charge in [-0.25, -0.2) is 4.79 Å². The van der Waals surface area contributed by atoms with Crippen LogP contribution in [0.2, 0.25) is 0 Å². The third-order valence-corrected chi connectivity index (χ3v) is 2.99. The Balaban J connectivity index is 2.34. The number of aromatic nitrogens is 2. The van der Waals surface area contributed by atoms with Crippen LogP contribution in [0.15, 0.2) is 10.9 Å². The van der Waals surface area contributed by atoms with Crippen molar-refractivity contribution in [1.29, 1.82) is 0 Å². The summed E-state index contributed by atoms with van der Waals surface area (Å²) in [4.78, 5) is 15.6. The number of nitrogens with zero attached hydrogens (tertiary/aromatic N) is 2. The van der Waals surface area contributed by atoms with Gasteiger partial charge in [-0.3, -0.25) is 4.57 Å². The Hall–Kier alpha value is -1.16. The van der Waals surface area contributed by atoms with Crippen molar-refractivity contribution in [3.8, 4) is 0 Å². The van der Waals surface area contributed by atoms with Crippen LogP contribution in [0.3, 0.4) is 0 Å². The van der Waals surface area contributed by atoms with Crippen molar-refractivity contribution in [2.45, 2.75) is 47.1 Å². The Kier molecular flexibility index (Phi) is 6.05. The zero-order valence-corrected chi connectivity index (χ0v) is 12.0. The molecule has 0 bridgehead atoms. The van der Waals surface area contributed by atoms with Crippen molar-refractivity contribution in [3.05, 3.63) is 27.9 Å². The molecule has 102 valence electrons. The predicted octanol–water partition coefficient (Wildman–Crippen LogP) is 1.89. The van der Waals surface area contributed by atoms with Gasteiger partial charge in [0.1, 0.15) is 0 Å². The Morgan fingerprint density at radius 1 is 1.33 bits per heavy atom. The molecule has 4 nitrogen and oxygen atoms in total. The monoisotopic (exact) mass is 251 g/mol. The second-order valence-corrected chi connectivity index (χ2v) is 5.26. The lowest BCUT2D eigenvalue weighted by molar-refractivity contribution is 0.508. The molecule has 4 heteroatoms. The van der Waals surface area contributed by atoms with Crippen LogP contribution in [-0.2, 0) is 6.54 Å². The van der Waals surface area contributed by atoms with Crippen molar-refractivity contribution in [3.63, 3.8) is 0 Å². The highest BCUT2D eigenvalue weighted by Crippen LogP contribution is 2.01. The van der Waals surface area contributed by atoms with E-state index in [2.05, 4.69) is 24.1 Å². The lowest BCUT2D eigenvalue weighted by Gasteiger charge is -2.10. The minimum Gasteiger partial charge on any atom is -0.315 e. The lowest BCUT2D eigenvalue weighted by Crippen LogP contribution is -2.30. The molecule has 1 rings (SSSR count). The van der Waals surface area contributed by atoms with E-state index in [0.29, 0.717) is 6.54 Å². The molecule has 0 saturated heterocycles. The maximum absolute atomic E-state index is 11.7. The van der Waals surface area contributed by atoms with Crippen molar-refractivity contribution < 1.29 is 0 Å². The standard InChI is InChI=1S/C14H25N3O/c1-11(2)6-5-7-15-8-9-17-13(4)10-12(3)16-14(17)18/h10-11,15H,5-9H2,1-4H3. The SMILES string of the molecule is Cc1cc(C)n(CCNCCCC(C)C)c(=O)n1. The maximum Gasteiger partial charge on any atom is 0.347 e. The van der Waals surface area contributed by atoms with Crippen LogP contribution in [0.25, 0.3) is 0 Å². The quantitative estimate of drug-likeness (QED) is 0.753. The van der Waals surface area contributed by atoms with E-state index in [1.54, 1.807) is 4.57 Å². The van der Waals surface area contributed by atoms with Crippen molar-refractivity contribution in [2.75, 3.05) is 13.1 Å². The molecule has 0 aliphatic rings. The first kappa shape index (κ1) is 14.9. The van der Waals surface area contributed by atoms with Gasteiger partial charge in [0.25, 0.3) is 0 Å². The molecule has 0 fully saturated rings. The molecule has 0 unspecified atom stereocenters. The van der Waals surface area contributed by atoms with Crippen molar-refractivity contribution in [2.24, 2.45) is 5.92 Å². The zero-order valence-electron chi connectivity index (χ0n) is 12.0. The maximum atomic E-state index is 11.7. The zero-order chi connectivity index (χ0) is 13.5. The van der Waals surface area contributed by atoms with Gasteiger partial charge in [0.15, 0.2) is 0 Å². The fourth-order valence-corrected chi connectivity index (χ4v) is 2.00. The molecule has 0 aliphatic heterocycles. The summed E-state index contributed by atoms with van der Waals surface area (Å²) in [5, 5.41) is 3.37. The molecule has 0 spiro atoms. The van der Waals surface area contributed by atoms with E-state index in [1.807, 2.05) is 19.9 Å². The second-order valence-electron chi connectivity index (χ2n) is 5.26. The number of hydrogen-bond donors (Lipinski definition) is 1. The molecule has 0 atom stereocenters. The lowest BCUT2D eigenvalue weighted by atomic mass is 10.1. The van der Waals surface area contributed by atoms with Gasteiger partial charge in [-0.2, -0.15) is 4.98 Å². The van der Waals surface area contributed by atoms with Gasteiger partial charge in [0, 0.05) is 24.5 Å². The number of aryl methyl sites for hydroxylation is 2. The van der Waals surface area contributed by atoms with Crippen molar-refractivity contribution in [1.82, 2.24) is 14.9 Å². The molecular formula is C14H25N3O. The summed E-state index contributed by atoms with van der Waals surface area (Å²) in [6.07, 6.45) is 2.44. The molecule has 1 aromatic heterocycles. The molecule has 0 saturated carbocycles. The fraction of sp³-hybridized carbons (Fsp3) is 0.714. The number of nitrogens with one attached hydrogen (secondary N) is 1. The Labute approximate surface area is 109 Å². The third-order valence-electron chi connectivity index (χ3n) is 2.99. The van der Waals surface area contributed by atoms with Gasteiger partial charge in [0.05, 0.1) is 0 Å². The summed E-state index contributed by atoms with van der Waals surface area (Å²) in [5.74, 6) is 0.762. The van der Waals surface area contributed by atoms with Crippen LogP contribution >= 0.6 is 0 Å². The van der Waals surface area contributed by atoms with Crippen LogP contribution < -0.4 is 11.0 Å². The van der Waals surface area contributed by atoms with Crippen LogP contribution in [0.1, 0.15) is 38.1 Å². The van der Waals surface area contributed by atoms with Gasteiger partial charge in [-0.15, -0.1) is 0 Å². The van der Waals surface area contributed by atoms with Gasteiger partial charge in [0.2, 0.25) is 0 Å². The summed E-state index contributed by atoms with van der Waals surface area (Å²) in [6, 6.07) is 1.94. The molecule has 0 radical (unpaired) electrons. The van der Waals surface area contributed by atoms with Gasteiger partial charge < -0.3 is 5.32 Å². The predicted molar refractivity (Wildman–Crippen MR) is 74.9 cm³/mol. The average Bonchev–Trinajstić information content (AvgIpc) is 2.25. The Morgan fingerprint density at radius 3 is 2.67 bits per heavy atom. The molecule has 1 aromatic rings. The van der Waals surface area contributed by atoms with Crippen molar-refractivity contribution >= 4 is 0 Å². The van der Waals surface area contributed by atoms with E-state index in [9.17, 15) is 4.79 Å². The third kappa shape index (κ3) is 5.00. The molecule has 0 aliphatic carbocycles. The van der Waals surface area contributed by atoms with Gasteiger partial charge >= 0.3 is 5.69 Å². The average molecular weight is 251 g/mol. The van der Waals surface area contributed by atoms with Crippen LogP contribution in [0.4, 0.5) is 0 Å². The highest BCUT2D eigenvalue weighted by Gasteiger charge is 2.02. The topological polar surface area (TPSA) is 46.9 Å². The van der Waals surface area contributed by atoms with E-state index in [-0.39, 0.29) is 5.69 Å².